The molecule has 1 heterocycles. The Balaban J connectivity index is 1.03. The zero-order valence-electron chi connectivity index (χ0n) is 29.3. The molecule has 0 radical (unpaired) electrons. The van der Waals surface area contributed by atoms with Crippen LogP contribution in [0.3, 0.4) is 0 Å². The smallest absolute Gasteiger partial charge is 0.171 e. The second-order valence-electron chi connectivity index (χ2n) is 13.2. The van der Waals surface area contributed by atoms with Gasteiger partial charge in [0.05, 0.1) is 0 Å². The van der Waals surface area contributed by atoms with E-state index >= 15 is 0 Å². The average Bonchev–Trinajstić information content (AvgIpc) is 3.27. The molecule has 0 aliphatic heterocycles. The molecule has 9 rings (SSSR count). The van der Waals surface area contributed by atoms with Crippen LogP contribution >= 0.6 is 7.14 Å². The van der Waals surface area contributed by atoms with E-state index in [-0.39, 0.29) is 0 Å². The molecule has 0 saturated carbocycles. The fraction of sp³-hybridized carbons (Fsp3) is 0. The Morgan fingerprint density at radius 3 is 1.24 bits per heavy atom. The van der Waals surface area contributed by atoms with E-state index in [1.54, 1.807) is 0 Å². The fourth-order valence-electron chi connectivity index (χ4n) is 7.04. The number of benzene rings is 8. The molecule has 4 nitrogen and oxygen atoms in total. The van der Waals surface area contributed by atoms with Crippen LogP contribution in [0.25, 0.3) is 67.2 Å². The van der Waals surface area contributed by atoms with Crippen LogP contribution in [-0.4, -0.2) is 15.0 Å². The quantitative estimate of drug-likeness (QED) is 0.147. The van der Waals surface area contributed by atoms with Gasteiger partial charge in [-0.1, -0.05) is 200 Å². The Labute approximate surface area is 314 Å². The summed E-state index contributed by atoms with van der Waals surface area (Å²) in [6, 6.07) is 69.4. The number of fused-ring (bicyclic) bond motifs is 1. The Kier molecular flexibility index (Phi) is 8.80. The molecule has 0 spiro atoms. The van der Waals surface area contributed by atoms with Crippen molar-refractivity contribution < 1.29 is 4.57 Å². The Morgan fingerprint density at radius 1 is 0.315 bits per heavy atom. The first-order chi connectivity index (χ1) is 26.6. The van der Waals surface area contributed by atoms with Gasteiger partial charge in [0.2, 0.25) is 0 Å². The van der Waals surface area contributed by atoms with E-state index in [4.69, 9.17) is 15.0 Å². The molecular weight excluding hydrogens is 678 g/mol. The van der Waals surface area contributed by atoms with Gasteiger partial charge in [-0.25, -0.2) is 15.0 Å². The second kappa shape index (κ2) is 14.4. The summed E-state index contributed by atoms with van der Waals surface area (Å²) in [4.78, 5) is 14.6. The van der Waals surface area contributed by atoms with Crippen molar-refractivity contribution in [2.75, 3.05) is 0 Å². The minimum Gasteiger partial charge on any atom is -0.309 e. The molecule has 5 heteroatoms. The summed E-state index contributed by atoms with van der Waals surface area (Å²) in [6.07, 6.45) is 0. The normalized spacial score (nSPS) is 11.4. The number of hydrogen-bond donors (Lipinski definition) is 0. The van der Waals surface area contributed by atoms with Crippen molar-refractivity contribution in [2.45, 2.75) is 0 Å². The van der Waals surface area contributed by atoms with Crippen LogP contribution in [0.15, 0.2) is 206 Å². The van der Waals surface area contributed by atoms with E-state index in [2.05, 4.69) is 72.8 Å². The highest BCUT2D eigenvalue weighted by atomic mass is 31.2. The Bertz CT molecular complexity index is 2650. The van der Waals surface area contributed by atoms with Crippen LogP contribution < -0.4 is 15.9 Å². The van der Waals surface area contributed by atoms with Gasteiger partial charge in [0, 0.05) is 32.6 Å². The molecule has 0 aliphatic carbocycles. The molecule has 0 bridgehead atoms. The minimum atomic E-state index is -3.04. The van der Waals surface area contributed by atoms with Crippen molar-refractivity contribution >= 4 is 33.8 Å². The molecule has 0 amide bonds. The molecule has 0 fully saturated rings. The number of nitrogens with zero attached hydrogens (tertiary/aromatic N) is 3. The zero-order valence-corrected chi connectivity index (χ0v) is 30.2. The third kappa shape index (κ3) is 6.34. The molecule has 0 aliphatic rings. The SMILES string of the molecule is O=P(c1ccccc1)(c1ccccc1)c1ccc(-c2ccc3c(-c4ccc(-c5nc(-c6ccccc6)nc(-c6ccccc6)n5)cc4)cccc3c2)cc1. The average molecular weight is 712 g/mol. The molecule has 9 aromatic rings. The van der Waals surface area contributed by atoms with E-state index in [9.17, 15) is 4.57 Å². The Hall–Kier alpha value is -6.74. The summed E-state index contributed by atoms with van der Waals surface area (Å²) in [7, 11) is -3.04. The van der Waals surface area contributed by atoms with Gasteiger partial charge in [-0.05, 0) is 39.1 Å². The van der Waals surface area contributed by atoms with Gasteiger partial charge >= 0.3 is 0 Å². The predicted octanol–water partition coefficient (Wildman–Crippen LogP) is 11.0. The third-order valence-electron chi connectivity index (χ3n) is 9.84. The summed E-state index contributed by atoms with van der Waals surface area (Å²) in [5, 5.41) is 4.80. The van der Waals surface area contributed by atoms with Crippen LogP contribution in [0.1, 0.15) is 0 Å². The fourth-order valence-corrected chi connectivity index (χ4v) is 9.69. The number of hydrogen-bond acceptors (Lipinski definition) is 4. The lowest BCUT2D eigenvalue weighted by molar-refractivity contribution is 0.592. The van der Waals surface area contributed by atoms with E-state index < -0.39 is 7.14 Å². The van der Waals surface area contributed by atoms with Gasteiger partial charge in [0.15, 0.2) is 24.6 Å². The highest BCUT2D eigenvalue weighted by Gasteiger charge is 2.29. The lowest BCUT2D eigenvalue weighted by atomic mass is 9.95. The monoisotopic (exact) mass is 711 g/mol. The van der Waals surface area contributed by atoms with Crippen molar-refractivity contribution in [3.8, 4) is 56.4 Å². The van der Waals surface area contributed by atoms with Crippen LogP contribution in [0.2, 0.25) is 0 Å². The van der Waals surface area contributed by atoms with Gasteiger partial charge in [0.1, 0.15) is 0 Å². The van der Waals surface area contributed by atoms with E-state index in [1.807, 2.05) is 133 Å². The largest absolute Gasteiger partial charge is 0.309 e. The van der Waals surface area contributed by atoms with Crippen LogP contribution in [-0.2, 0) is 4.57 Å². The molecule has 54 heavy (non-hydrogen) atoms. The highest BCUT2D eigenvalue weighted by molar-refractivity contribution is 7.85. The molecule has 256 valence electrons. The summed E-state index contributed by atoms with van der Waals surface area (Å²) >= 11 is 0. The Morgan fingerprint density at radius 2 is 0.722 bits per heavy atom. The van der Waals surface area contributed by atoms with Gasteiger partial charge in [0.25, 0.3) is 0 Å². The summed E-state index contributed by atoms with van der Waals surface area (Å²) < 4.78 is 14.9. The van der Waals surface area contributed by atoms with Crippen LogP contribution in [0.4, 0.5) is 0 Å². The first-order valence-corrected chi connectivity index (χ1v) is 19.7. The molecule has 0 atom stereocenters. The summed E-state index contributed by atoms with van der Waals surface area (Å²) in [6.45, 7) is 0. The third-order valence-corrected chi connectivity index (χ3v) is 12.9. The van der Waals surface area contributed by atoms with Crippen LogP contribution in [0.5, 0.6) is 0 Å². The van der Waals surface area contributed by atoms with E-state index in [1.165, 1.54) is 5.39 Å². The maximum Gasteiger partial charge on any atom is 0.171 e. The van der Waals surface area contributed by atoms with E-state index in [0.29, 0.717) is 17.5 Å². The topological polar surface area (TPSA) is 55.7 Å². The van der Waals surface area contributed by atoms with Gasteiger partial charge in [-0.15, -0.1) is 0 Å². The summed E-state index contributed by atoms with van der Waals surface area (Å²) in [5.74, 6) is 1.92. The highest BCUT2D eigenvalue weighted by Crippen LogP contribution is 2.43. The maximum absolute atomic E-state index is 14.9. The van der Waals surface area contributed by atoms with Gasteiger partial charge < -0.3 is 4.57 Å². The second-order valence-corrected chi connectivity index (χ2v) is 16.0. The summed E-state index contributed by atoms with van der Waals surface area (Å²) in [5.41, 5.74) is 7.25. The first kappa shape index (κ1) is 33.1. The van der Waals surface area contributed by atoms with Crippen LogP contribution in [0, 0.1) is 0 Å². The first-order valence-electron chi connectivity index (χ1n) is 18.0. The van der Waals surface area contributed by atoms with Crippen molar-refractivity contribution in [3.05, 3.63) is 206 Å². The van der Waals surface area contributed by atoms with Crippen molar-refractivity contribution in [3.63, 3.8) is 0 Å². The molecule has 1 aromatic heterocycles. The van der Waals surface area contributed by atoms with Gasteiger partial charge in [-0.3, -0.25) is 0 Å². The van der Waals surface area contributed by atoms with Crippen molar-refractivity contribution in [1.82, 2.24) is 15.0 Å². The number of aromatic nitrogens is 3. The lowest BCUT2D eigenvalue weighted by Gasteiger charge is -2.20. The molecule has 8 aromatic carbocycles. The maximum atomic E-state index is 14.9. The lowest BCUT2D eigenvalue weighted by Crippen LogP contribution is -2.24. The minimum absolute atomic E-state index is 0.631. The number of rotatable bonds is 8. The molecule has 0 saturated heterocycles. The molecule has 0 unspecified atom stereocenters. The van der Waals surface area contributed by atoms with E-state index in [0.717, 1.165) is 60.2 Å². The zero-order chi connectivity index (χ0) is 36.3. The molecular formula is C49H34N3OP. The standard InChI is InChI=1S/C49H34N3OP/c53-54(42-19-9-3-10-20-42,43-21-11-4-12-22-43)44-31-28-35(29-32-44)40-30-33-46-41(34-40)18-13-23-45(46)36-24-26-39(27-25-36)49-51-47(37-14-5-1-6-15-37)50-48(52-49)38-16-7-2-8-17-38/h1-34H. The predicted molar refractivity (Wildman–Crippen MR) is 224 cm³/mol. The van der Waals surface area contributed by atoms with Gasteiger partial charge in [-0.2, -0.15) is 0 Å². The van der Waals surface area contributed by atoms with Crippen molar-refractivity contribution in [2.24, 2.45) is 0 Å². The molecule has 0 N–H and O–H groups in total. The van der Waals surface area contributed by atoms with Crippen molar-refractivity contribution in [1.29, 1.82) is 0 Å².